The van der Waals surface area contributed by atoms with Crippen LogP contribution in [0.4, 0.5) is 11.5 Å². The molecule has 3 aromatic carbocycles. The van der Waals surface area contributed by atoms with Crippen molar-refractivity contribution in [1.29, 1.82) is 0 Å². The summed E-state index contributed by atoms with van der Waals surface area (Å²) in [5.74, 6) is 1.75. The summed E-state index contributed by atoms with van der Waals surface area (Å²) in [6.07, 6.45) is 6.26. The summed E-state index contributed by atoms with van der Waals surface area (Å²) in [7, 11) is 0. The Bertz CT molecular complexity index is 1440. The minimum Gasteiger partial charge on any atom is -0.439 e. The number of rotatable bonds is 6. The van der Waals surface area contributed by atoms with Gasteiger partial charge in [0.15, 0.2) is 0 Å². The van der Waals surface area contributed by atoms with Gasteiger partial charge in [-0.15, -0.1) is 0 Å². The van der Waals surface area contributed by atoms with E-state index in [1.807, 2.05) is 48.5 Å². The number of carbonyl (C=O) groups excluding carboxylic acids is 1. The minimum absolute atomic E-state index is 0.142. The van der Waals surface area contributed by atoms with Crippen LogP contribution in [-0.4, -0.2) is 53.1 Å². The number of anilines is 2. The molecule has 1 aromatic heterocycles. The molecule has 2 aliphatic rings. The molecule has 2 fully saturated rings. The summed E-state index contributed by atoms with van der Waals surface area (Å²) in [5, 5.41) is 4.81. The first-order chi connectivity index (χ1) is 19.1. The van der Waals surface area contributed by atoms with Crippen LogP contribution in [0.5, 0.6) is 11.6 Å². The number of benzene rings is 3. The summed E-state index contributed by atoms with van der Waals surface area (Å²) in [6, 6.07) is 21.9. The Labute approximate surface area is 228 Å². The lowest BCUT2D eigenvalue weighted by atomic mass is 9.81. The Morgan fingerprint density at radius 1 is 0.949 bits per heavy atom. The summed E-state index contributed by atoms with van der Waals surface area (Å²) < 4.78 is 11.3. The standard InChI is InChI=1S/C31H33N5O3/c32-29-19-30(34-20-33-29)39-26-12-13-27-23(18-26)2-1-3-28(27)31(37)35-24-8-4-21(5-9-24)22-6-10-25(11-7-22)36-14-16-38-17-15-36/h1-5,8-9,12-13,18-20,22,25H,6-7,10-11,14-17H2,(H,35,37)(H2,32,33,34). The third-order valence-corrected chi connectivity index (χ3v) is 7.88. The van der Waals surface area contributed by atoms with Crippen molar-refractivity contribution in [2.45, 2.75) is 37.6 Å². The maximum atomic E-state index is 13.2. The number of morpholine rings is 1. The third-order valence-electron chi connectivity index (χ3n) is 7.88. The number of aromatic nitrogens is 2. The molecule has 0 bridgehead atoms. The van der Waals surface area contributed by atoms with E-state index in [2.05, 4.69) is 32.3 Å². The van der Waals surface area contributed by atoms with Crippen molar-refractivity contribution in [3.05, 3.63) is 84.2 Å². The highest BCUT2D eigenvalue weighted by Gasteiger charge is 2.27. The Morgan fingerprint density at radius 2 is 1.74 bits per heavy atom. The summed E-state index contributed by atoms with van der Waals surface area (Å²) in [5.41, 5.74) is 8.48. The van der Waals surface area contributed by atoms with Crippen molar-refractivity contribution < 1.29 is 14.3 Å². The number of hydrogen-bond acceptors (Lipinski definition) is 7. The second-order valence-corrected chi connectivity index (χ2v) is 10.3. The molecule has 2 heterocycles. The van der Waals surface area contributed by atoms with Gasteiger partial charge < -0.3 is 20.5 Å². The van der Waals surface area contributed by atoms with Crippen molar-refractivity contribution in [2.75, 3.05) is 37.4 Å². The van der Waals surface area contributed by atoms with Gasteiger partial charge in [0.05, 0.1) is 13.2 Å². The van der Waals surface area contributed by atoms with E-state index < -0.39 is 0 Å². The van der Waals surface area contributed by atoms with E-state index in [1.165, 1.54) is 37.6 Å². The number of carbonyl (C=O) groups is 1. The van der Waals surface area contributed by atoms with Gasteiger partial charge in [-0.2, -0.15) is 0 Å². The third kappa shape index (κ3) is 5.87. The quantitative estimate of drug-likeness (QED) is 0.338. The number of nitrogens with two attached hydrogens (primary N) is 1. The molecule has 0 spiro atoms. The molecule has 0 radical (unpaired) electrons. The van der Waals surface area contributed by atoms with E-state index >= 15 is 0 Å². The highest BCUT2D eigenvalue weighted by Crippen LogP contribution is 2.35. The molecule has 1 saturated heterocycles. The van der Waals surface area contributed by atoms with E-state index in [1.54, 1.807) is 6.07 Å². The number of hydrogen-bond donors (Lipinski definition) is 2. The normalized spacial score (nSPS) is 20.0. The lowest BCUT2D eigenvalue weighted by Crippen LogP contribution is -2.44. The van der Waals surface area contributed by atoms with Crippen LogP contribution in [0.2, 0.25) is 0 Å². The molecule has 3 N–H and O–H groups in total. The Morgan fingerprint density at radius 3 is 2.51 bits per heavy atom. The first kappa shape index (κ1) is 25.3. The molecule has 1 amide bonds. The average Bonchev–Trinajstić information content (AvgIpc) is 2.98. The number of amides is 1. The largest absolute Gasteiger partial charge is 0.439 e. The molecular formula is C31H33N5O3. The molecule has 1 saturated carbocycles. The monoisotopic (exact) mass is 523 g/mol. The second kappa shape index (κ2) is 11.4. The lowest BCUT2D eigenvalue weighted by Gasteiger charge is -2.38. The maximum absolute atomic E-state index is 13.2. The average molecular weight is 524 g/mol. The molecule has 0 unspecified atom stereocenters. The van der Waals surface area contributed by atoms with E-state index in [9.17, 15) is 4.79 Å². The molecule has 1 aliphatic heterocycles. The van der Waals surface area contributed by atoms with Crippen molar-refractivity contribution in [3.8, 4) is 11.6 Å². The van der Waals surface area contributed by atoms with Crippen molar-refractivity contribution in [2.24, 2.45) is 0 Å². The van der Waals surface area contributed by atoms with Gasteiger partial charge in [0.2, 0.25) is 5.88 Å². The van der Waals surface area contributed by atoms with E-state index in [0.717, 1.165) is 42.8 Å². The SMILES string of the molecule is Nc1cc(Oc2ccc3c(C(=O)Nc4ccc(C5CCC(N6CCOCC6)CC5)cc4)cccc3c2)ncn1. The van der Waals surface area contributed by atoms with Crippen molar-refractivity contribution >= 4 is 28.2 Å². The van der Waals surface area contributed by atoms with Crippen LogP contribution in [0.1, 0.15) is 47.5 Å². The van der Waals surface area contributed by atoms with Gasteiger partial charge in [-0.05, 0) is 84.3 Å². The molecular weight excluding hydrogens is 490 g/mol. The van der Waals surface area contributed by atoms with E-state index in [4.69, 9.17) is 15.2 Å². The van der Waals surface area contributed by atoms with Crippen LogP contribution in [0.15, 0.2) is 73.1 Å². The van der Waals surface area contributed by atoms with Crippen molar-refractivity contribution in [1.82, 2.24) is 14.9 Å². The molecule has 8 heteroatoms. The zero-order valence-corrected chi connectivity index (χ0v) is 21.9. The van der Waals surface area contributed by atoms with Crippen LogP contribution in [0.25, 0.3) is 10.8 Å². The van der Waals surface area contributed by atoms with Gasteiger partial charge in [-0.1, -0.05) is 24.3 Å². The fraction of sp³-hybridized carbons (Fsp3) is 0.323. The highest BCUT2D eigenvalue weighted by atomic mass is 16.5. The molecule has 1 aliphatic carbocycles. The molecule has 8 nitrogen and oxygen atoms in total. The van der Waals surface area contributed by atoms with Crippen LogP contribution >= 0.6 is 0 Å². The summed E-state index contributed by atoms with van der Waals surface area (Å²) in [4.78, 5) is 23.8. The predicted molar refractivity (Wildman–Crippen MR) is 152 cm³/mol. The molecule has 39 heavy (non-hydrogen) atoms. The Hall–Kier alpha value is -4.01. The second-order valence-electron chi connectivity index (χ2n) is 10.3. The lowest BCUT2D eigenvalue weighted by molar-refractivity contribution is 0.00730. The molecule has 0 atom stereocenters. The van der Waals surface area contributed by atoms with Crippen LogP contribution < -0.4 is 15.8 Å². The minimum atomic E-state index is -0.142. The first-order valence-electron chi connectivity index (χ1n) is 13.6. The summed E-state index contributed by atoms with van der Waals surface area (Å²) in [6.45, 7) is 3.85. The van der Waals surface area contributed by atoms with Crippen LogP contribution in [0, 0.1) is 0 Å². The molecule has 4 aromatic rings. The number of nitrogens with zero attached hydrogens (tertiary/aromatic N) is 3. The van der Waals surface area contributed by atoms with E-state index in [0.29, 0.717) is 35.0 Å². The first-order valence-corrected chi connectivity index (χ1v) is 13.6. The smallest absolute Gasteiger partial charge is 0.256 e. The van der Waals surface area contributed by atoms with Gasteiger partial charge in [0.25, 0.3) is 5.91 Å². The topological polar surface area (TPSA) is 103 Å². The highest BCUT2D eigenvalue weighted by molar-refractivity contribution is 6.13. The van der Waals surface area contributed by atoms with Gasteiger partial charge in [0, 0.05) is 36.4 Å². The van der Waals surface area contributed by atoms with Gasteiger partial charge in [-0.25, -0.2) is 9.97 Å². The van der Waals surface area contributed by atoms with E-state index in [-0.39, 0.29) is 5.91 Å². The zero-order chi connectivity index (χ0) is 26.6. The fourth-order valence-electron chi connectivity index (χ4n) is 5.81. The number of nitrogen functional groups attached to an aromatic ring is 1. The van der Waals surface area contributed by atoms with Crippen LogP contribution in [-0.2, 0) is 4.74 Å². The Balaban J connectivity index is 1.09. The zero-order valence-electron chi connectivity index (χ0n) is 21.9. The number of nitrogens with one attached hydrogen (secondary N) is 1. The predicted octanol–water partition coefficient (Wildman–Crippen LogP) is 5.62. The summed E-state index contributed by atoms with van der Waals surface area (Å²) >= 11 is 0. The maximum Gasteiger partial charge on any atom is 0.256 e. The number of ether oxygens (including phenoxy) is 2. The molecule has 6 rings (SSSR count). The van der Waals surface area contributed by atoms with Gasteiger partial charge >= 0.3 is 0 Å². The van der Waals surface area contributed by atoms with Crippen LogP contribution in [0.3, 0.4) is 0 Å². The molecule has 200 valence electrons. The van der Waals surface area contributed by atoms with Crippen molar-refractivity contribution in [3.63, 3.8) is 0 Å². The van der Waals surface area contributed by atoms with Gasteiger partial charge in [0.1, 0.15) is 17.9 Å². The fourth-order valence-corrected chi connectivity index (χ4v) is 5.81. The number of fused-ring (bicyclic) bond motifs is 1. The Kier molecular flexibility index (Phi) is 7.38. The van der Waals surface area contributed by atoms with Gasteiger partial charge in [-0.3, -0.25) is 9.69 Å².